The highest BCUT2D eigenvalue weighted by Gasteiger charge is 2.35. The molecule has 2 aliphatic rings. The molecule has 0 radical (unpaired) electrons. The lowest BCUT2D eigenvalue weighted by molar-refractivity contribution is 0.0685. The first-order valence-electron chi connectivity index (χ1n) is 5.97. The largest absolute Gasteiger partial charge is 0.379 e. The van der Waals surface area contributed by atoms with Gasteiger partial charge in [-0.25, -0.2) is 0 Å². The van der Waals surface area contributed by atoms with Crippen LogP contribution >= 0.6 is 0 Å². The van der Waals surface area contributed by atoms with E-state index in [0.29, 0.717) is 32.8 Å². The minimum atomic E-state index is -3.25. The summed E-state index contributed by atoms with van der Waals surface area (Å²) < 4.78 is 33.1. The average molecular weight is 248 g/mol. The Labute approximate surface area is 97.5 Å². The SMILES string of the molecule is CC1CCCCN1S(=O)(=O)N1CCOCC1. The zero-order chi connectivity index (χ0) is 11.6. The molecule has 0 N–H and O–H groups in total. The van der Waals surface area contributed by atoms with Crippen molar-refractivity contribution in [3.63, 3.8) is 0 Å². The number of morpholine rings is 1. The van der Waals surface area contributed by atoms with Crippen molar-refractivity contribution in [3.8, 4) is 0 Å². The van der Waals surface area contributed by atoms with E-state index in [1.54, 1.807) is 8.61 Å². The molecule has 1 unspecified atom stereocenters. The Morgan fingerprint density at radius 1 is 1.12 bits per heavy atom. The van der Waals surface area contributed by atoms with Crippen LogP contribution in [-0.2, 0) is 14.9 Å². The molecular formula is C10H20N2O3S. The molecule has 6 heteroatoms. The molecule has 0 aromatic rings. The fourth-order valence-electron chi connectivity index (χ4n) is 2.34. The topological polar surface area (TPSA) is 49.9 Å². The van der Waals surface area contributed by atoms with Crippen molar-refractivity contribution < 1.29 is 13.2 Å². The number of hydrogen-bond donors (Lipinski definition) is 0. The van der Waals surface area contributed by atoms with Crippen molar-refractivity contribution in [2.75, 3.05) is 32.8 Å². The Bertz CT molecular complexity index is 325. The number of ether oxygens (including phenoxy) is 1. The van der Waals surface area contributed by atoms with Crippen molar-refractivity contribution in [1.82, 2.24) is 8.61 Å². The summed E-state index contributed by atoms with van der Waals surface area (Å²) in [7, 11) is -3.25. The molecule has 0 amide bonds. The first kappa shape index (κ1) is 12.3. The molecule has 94 valence electrons. The van der Waals surface area contributed by atoms with E-state index in [0.717, 1.165) is 19.3 Å². The van der Waals surface area contributed by atoms with Crippen LogP contribution in [0.5, 0.6) is 0 Å². The smallest absolute Gasteiger partial charge is 0.282 e. The molecule has 2 rings (SSSR count). The summed E-state index contributed by atoms with van der Waals surface area (Å²) in [5.41, 5.74) is 0. The fraction of sp³-hybridized carbons (Fsp3) is 1.00. The van der Waals surface area contributed by atoms with Gasteiger partial charge in [0.2, 0.25) is 0 Å². The molecule has 2 heterocycles. The van der Waals surface area contributed by atoms with E-state index in [9.17, 15) is 8.42 Å². The summed E-state index contributed by atoms with van der Waals surface area (Å²) in [4.78, 5) is 0. The number of rotatable bonds is 2. The third-order valence-electron chi connectivity index (χ3n) is 3.33. The molecule has 2 fully saturated rings. The average Bonchev–Trinajstić information content (AvgIpc) is 2.30. The summed E-state index contributed by atoms with van der Waals surface area (Å²) in [6.07, 6.45) is 3.09. The molecule has 0 bridgehead atoms. The van der Waals surface area contributed by atoms with E-state index in [4.69, 9.17) is 4.74 Å². The molecule has 0 saturated carbocycles. The summed E-state index contributed by atoms with van der Waals surface area (Å²) in [5.74, 6) is 0. The zero-order valence-corrected chi connectivity index (χ0v) is 10.6. The van der Waals surface area contributed by atoms with Gasteiger partial charge in [0, 0.05) is 25.7 Å². The third-order valence-corrected chi connectivity index (χ3v) is 5.49. The van der Waals surface area contributed by atoms with Gasteiger partial charge in [0.25, 0.3) is 10.2 Å². The van der Waals surface area contributed by atoms with Crippen LogP contribution < -0.4 is 0 Å². The van der Waals surface area contributed by atoms with Gasteiger partial charge in [-0.15, -0.1) is 0 Å². The first-order valence-corrected chi connectivity index (χ1v) is 7.37. The summed E-state index contributed by atoms with van der Waals surface area (Å²) in [6.45, 7) is 4.68. The highest BCUT2D eigenvalue weighted by Crippen LogP contribution is 2.22. The summed E-state index contributed by atoms with van der Waals surface area (Å²) in [5, 5.41) is 0. The van der Waals surface area contributed by atoms with Gasteiger partial charge in [-0.1, -0.05) is 6.42 Å². The maximum Gasteiger partial charge on any atom is 0.282 e. The third kappa shape index (κ3) is 2.40. The van der Waals surface area contributed by atoms with E-state index in [1.165, 1.54) is 0 Å². The molecule has 16 heavy (non-hydrogen) atoms. The maximum absolute atomic E-state index is 12.3. The summed E-state index contributed by atoms with van der Waals surface area (Å²) in [6, 6.07) is 0.140. The maximum atomic E-state index is 12.3. The Balaban J connectivity index is 2.10. The van der Waals surface area contributed by atoms with E-state index >= 15 is 0 Å². The van der Waals surface area contributed by atoms with Gasteiger partial charge in [-0.05, 0) is 19.8 Å². The molecule has 0 aromatic heterocycles. The summed E-state index contributed by atoms with van der Waals surface area (Å²) >= 11 is 0. The molecule has 0 aromatic carbocycles. The first-order chi connectivity index (χ1) is 7.62. The minimum absolute atomic E-state index is 0.140. The number of hydrogen-bond acceptors (Lipinski definition) is 3. The Hall–Kier alpha value is -0.170. The molecular weight excluding hydrogens is 228 g/mol. The van der Waals surface area contributed by atoms with Crippen LogP contribution in [0.2, 0.25) is 0 Å². The van der Waals surface area contributed by atoms with Crippen LogP contribution in [0, 0.1) is 0 Å². The monoisotopic (exact) mass is 248 g/mol. The standard InChI is InChI=1S/C10H20N2O3S/c1-10-4-2-3-5-12(10)16(13,14)11-6-8-15-9-7-11/h10H,2-9H2,1H3. The van der Waals surface area contributed by atoms with Crippen LogP contribution in [0.25, 0.3) is 0 Å². The Kier molecular flexibility index (Phi) is 3.84. The quantitative estimate of drug-likeness (QED) is 0.712. The second-order valence-corrected chi connectivity index (χ2v) is 6.36. The lowest BCUT2D eigenvalue weighted by Crippen LogP contribution is -2.52. The normalized spacial score (nSPS) is 30.4. The zero-order valence-electron chi connectivity index (χ0n) is 9.76. The van der Waals surface area contributed by atoms with Crippen molar-refractivity contribution in [2.24, 2.45) is 0 Å². The lowest BCUT2D eigenvalue weighted by Gasteiger charge is -2.37. The molecule has 1 atom stereocenters. The second kappa shape index (κ2) is 5.00. The minimum Gasteiger partial charge on any atom is -0.379 e. The van der Waals surface area contributed by atoms with Gasteiger partial charge in [0.05, 0.1) is 13.2 Å². The molecule has 0 aliphatic carbocycles. The van der Waals surface area contributed by atoms with Crippen molar-refractivity contribution >= 4 is 10.2 Å². The van der Waals surface area contributed by atoms with Crippen molar-refractivity contribution in [3.05, 3.63) is 0 Å². The second-order valence-electron chi connectivity index (χ2n) is 4.47. The van der Waals surface area contributed by atoms with Crippen LogP contribution in [0.3, 0.4) is 0 Å². The van der Waals surface area contributed by atoms with Gasteiger partial charge in [0.15, 0.2) is 0 Å². The molecule has 5 nitrogen and oxygen atoms in total. The van der Waals surface area contributed by atoms with E-state index in [-0.39, 0.29) is 6.04 Å². The van der Waals surface area contributed by atoms with E-state index in [1.807, 2.05) is 6.92 Å². The van der Waals surface area contributed by atoms with Gasteiger partial charge in [-0.3, -0.25) is 0 Å². The fourth-order valence-corrected chi connectivity index (χ4v) is 4.17. The highest BCUT2D eigenvalue weighted by molar-refractivity contribution is 7.86. The van der Waals surface area contributed by atoms with Crippen LogP contribution in [0.1, 0.15) is 26.2 Å². The number of nitrogens with zero attached hydrogens (tertiary/aromatic N) is 2. The van der Waals surface area contributed by atoms with Gasteiger partial charge in [0.1, 0.15) is 0 Å². The van der Waals surface area contributed by atoms with Gasteiger partial charge in [-0.2, -0.15) is 17.0 Å². The highest BCUT2D eigenvalue weighted by atomic mass is 32.2. The predicted octanol–water partition coefficient (Wildman–Crippen LogP) is 0.438. The van der Waals surface area contributed by atoms with Gasteiger partial charge < -0.3 is 4.74 Å². The van der Waals surface area contributed by atoms with Crippen LogP contribution in [0.4, 0.5) is 0 Å². The van der Waals surface area contributed by atoms with Crippen molar-refractivity contribution in [1.29, 1.82) is 0 Å². The lowest BCUT2D eigenvalue weighted by atomic mass is 10.1. The van der Waals surface area contributed by atoms with Gasteiger partial charge >= 0.3 is 0 Å². The predicted molar refractivity (Wildman–Crippen MR) is 61.3 cm³/mol. The van der Waals surface area contributed by atoms with E-state index < -0.39 is 10.2 Å². The van der Waals surface area contributed by atoms with Crippen LogP contribution in [0.15, 0.2) is 0 Å². The molecule has 2 aliphatic heterocycles. The Morgan fingerprint density at radius 2 is 1.81 bits per heavy atom. The Morgan fingerprint density at radius 3 is 2.44 bits per heavy atom. The van der Waals surface area contributed by atoms with Crippen LogP contribution in [-0.4, -0.2) is 55.9 Å². The molecule has 0 spiro atoms. The number of piperidine rings is 1. The van der Waals surface area contributed by atoms with Crippen molar-refractivity contribution in [2.45, 2.75) is 32.2 Å². The molecule has 2 saturated heterocycles. The van der Waals surface area contributed by atoms with E-state index in [2.05, 4.69) is 0 Å².